The molecule has 0 spiro atoms. The second kappa shape index (κ2) is 13.2. The second-order valence-electron chi connectivity index (χ2n) is 14.2. The molecule has 1 aliphatic carbocycles. The van der Waals surface area contributed by atoms with Gasteiger partial charge in [0.05, 0.1) is 28.5 Å². The molecule has 1 saturated carbocycles. The highest BCUT2D eigenvalue weighted by Crippen LogP contribution is 2.33. The zero-order valence-corrected chi connectivity index (χ0v) is 29.3. The van der Waals surface area contributed by atoms with Gasteiger partial charge in [-0.2, -0.15) is 4.98 Å². The van der Waals surface area contributed by atoms with Gasteiger partial charge in [0.2, 0.25) is 11.8 Å². The largest absolute Gasteiger partial charge is 0.475 e. The molecule has 3 heterocycles. The summed E-state index contributed by atoms with van der Waals surface area (Å²) in [6, 6.07) is 16.0. The van der Waals surface area contributed by atoms with Gasteiger partial charge in [-0.15, -0.1) is 0 Å². The van der Waals surface area contributed by atoms with Crippen LogP contribution in [0.1, 0.15) is 73.5 Å². The lowest BCUT2D eigenvalue weighted by Gasteiger charge is -2.37. The number of carbonyl (C=O) groups is 1. The van der Waals surface area contributed by atoms with E-state index in [-0.39, 0.29) is 52.8 Å². The van der Waals surface area contributed by atoms with Crippen LogP contribution >= 0.6 is 0 Å². The average molecular weight is 669 g/mol. The van der Waals surface area contributed by atoms with Gasteiger partial charge in [-0.3, -0.25) is 9.78 Å². The van der Waals surface area contributed by atoms with Crippen LogP contribution in [0.15, 0.2) is 71.9 Å². The van der Waals surface area contributed by atoms with Gasteiger partial charge >= 0.3 is 0 Å². The number of hydrogen-bond donors (Lipinski definition) is 1. The predicted octanol–water partition coefficient (Wildman–Crippen LogP) is 6.78. The lowest BCUT2D eigenvalue weighted by molar-refractivity contribution is 0.0513. The van der Waals surface area contributed by atoms with Crippen molar-refractivity contribution in [1.29, 1.82) is 0 Å². The van der Waals surface area contributed by atoms with E-state index in [4.69, 9.17) is 4.74 Å². The zero-order valence-electron chi connectivity index (χ0n) is 28.5. The highest BCUT2D eigenvalue weighted by atomic mass is 32.2. The maximum Gasteiger partial charge on any atom is 0.264 e. The van der Waals surface area contributed by atoms with E-state index >= 15 is 0 Å². The minimum Gasteiger partial charge on any atom is -0.475 e. The van der Waals surface area contributed by atoms with E-state index in [1.807, 2.05) is 38.2 Å². The van der Waals surface area contributed by atoms with Gasteiger partial charge in [0.1, 0.15) is 6.61 Å². The van der Waals surface area contributed by atoms with Gasteiger partial charge in [-0.25, -0.2) is 18.1 Å². The van der Waals surface area contributed by atoms with Crippen molar-refractivity contribution < 1.29 is 17.9 Å². The first-order chi connectivity index (χ1) is 22.8. The Hall–Kier alpha value is -4.51. The Balaban J connectivity index is 1.46. The molecule has 4 bridgehead atoms. The van der Waals surface area contributed by atoms with Crippen molar-refractivity contribution >= 4 is 27.6 Å². The summed E-state index contributed by atoms with van der Waals surface area (Å²) in [6.07, 6.45) is 7.80. The fraction of sp³-hybridized carbons (Fsp3) is 0.405. The maximum atomic E-state index is 14.5. The number of pyridine rings is 1. The molecule has 6 rings (SSSR count). The van der Waals surface area contributed by atoms with Crippen LogP contribution < -0.4 is 14.4 Å². The SMILES string of the molecule is Cc1cccc(C)c1-c1cc2nc(n1)NS(=O)(=O)c1cccc(c1)C(=O)N(Cc1cncc(N(C)C3CCC3)c1)[C@H](CC(C)(C)C)CO2. The lowest BCUT2D eigenvalue weighted by Crippen LogP contribution is -2.45. The summed E-state index contributed by atoms with van der Waals surface area (Å²) in [4.78, 5) is 32.2. The smallest absolute Gasteiger partial charge is 0.264 e. The summed E-state index contributed by atoms with van der Waals surface area (Å²) < 4.78 is 36.4. The summed E-state index contributed by atoms with van der Waals surface area (Å²) >= 11 is 0. The van der Waals surface area contributed by atoms with E-state index in [9.17, 15) is 13.2 Å². The molecule has 0 saturated heterocycles. The molecule has 252 valence electrons. The van der Waals surface area contributed by atoms with E-state index in [0.717, 1.165) is 40.8 Å². The van der Waals surface area contributed by atoms with E-state index < -0.39 is 10.0 Å². The van der Waals surface area contributed by atoms with Crippen molar-refractivity contribution in [2.45, 2.75) is 83.8 Å². The molecule has 1 fully saturated rings. The Kier molecular flexibility index (Phi) is 9.17. The summed E-state index contributed by atoms with van der Waals surface area (Å²) in [7, 11) is -2.07. The van der Waals surface area contributed by atoms with Gasteiger partial charge < -0.3 is 14.5 Å². The van der Waals surface area contributed by atoms with Crippen molar-refractivity contribution in [3.63, 3.8) is 0 Å². The molecule has 2 aliphatic rings. The fourth-order valence-corrected chi connectivity index (χ4v) is 7.47. The summed E-state index contributed by atoms with van der Waals surface area (Å²) in [5.74, 6) is -0.192. The van der Waals surface area contributed by atoms with Crippen LogP contribution in [0.2, 0.25) is 0 Å². The highest BCUT2D eigenvalue weighted by Gasteiger charge is 2.32. The third kappa shape index (κ3) is 7.31. The van der Waals surface area contributed by atoms with Crippen LogP contribution in [-0.2, 0) is 16.6 Å². The number of aryl methyl sites for hydroxylation is 2. The van der Waals surface area contributed by atoms with E-state index in [2.05, 4.69) is 58.5 Å². The lowest BCUT2D eigenvalue weighted by atomic mass is 9.87. The molecule has 1 amide bonds. The number of carbonyl (C=O) groups excluding carboxylic acids is 1. The van der Waals surface area contributed by atoms with Crippen molar-refractivity contribution in [3.8, 4) is 17.1 Å². The van der Waals surface area contributed by atoms with Crippen molar-refractivity contribution in [1.82, 2.24) is 19.9 Å². The Morgan fingerprint density at radius 1 is 1.00 bits per heavy atom. The number of aromatic nitrogens is 3. The van der Waals surface area contributed by atoms with Gasteiger partial charge in [-0.1, -0.05) is 45.0 Å². The first kappa shape index (κ1) is 33.4. The fourth-order valence-electron chi connectivity index (χ4n) is 6.48. The monoisotopic (exact) mass is 668 g/mol. The molecule has 1 aliphatic heterocycles. The Morgan fingerprint density at radius 2 is 1.73 bits per heavy atom. The maximum absolute atomic E-state index is 14.5. The van der Waals surface area contributed by atoms with Crippen molar-refractivity contribution in [2.24, 2.45) is 5.41 Å². The molecule has 11 heteroatoms. The van der Waals surface area contributed by atoms with Crippen molar-refractivity contribution in [3.05, 3.63) is 89.2 Å². The summed E-state index contributed by atoms with van der Waals surface area (Å²) in [5, 5.41) is 0. The van der Waals surface area contributed by atoms with E-state index in [0.29, 0.717) is 18.2 Å². The first-order valence-corrected chi connectivity index (χ1v) is 17.9. The Bertz CT molecular complexity index is 1920. The number of hydrogen-bond acceptors (Lipinski definition) is 8. The third-order valence-corrected chi connectivity index (χ3v) is 10.5. The quantitative estimate of drug-likeness (QED) is 0.239. The average Bonchev–Trinajstić information content (AvgIpc) is 3.00. The van der Waals surface area contributed by atoms with Crippen LogP contribution in [0.4, 0.5) is 11.6 Å². The standard InChI is InChI=1S/C37H44N6O4S/c1-24-10-7-11-25(2)34(24)32-18-33-40-36(39-32)41-48(45,46)31-15-8-12-27(17-31)35(44)43(30(23-47-33)19-37(3,4)5)22-26-16-29(21-38-20-26)42(6)28-13-9-14-28/h7-8,10-12,15-18,20-21,28,30H,9,13-14,19,22-23H2,1-6H3,(H,39,40,41)/t30-/m1/s1. The second-order valence-corrected chi connectivity index (χ2v) is 15.9. The minimum absolute atomic E-state index is 0.0609. The van der Waals surface area contributed by atoms with Crippen LogP contribution in [-0.4, -0.2) is 59.9 Å². The van der Waals surface area contributed by atoms with Gasteiger partial charge in [0.15, 0.2) is 0 Å². The molecule has 2 aromatic carbocycles. The molecular weight excluding hydrogens is 625 g/mol. The molecule has 48 heavy (non-hydrogen) atoms. The Labute approximate surface area is 283 Å². The highest BCUT2D eigenvalue weighted by molar-refractivity contribution is 7.92. The normalized spacial score (nSPS) is 18.0. The molecule has 1 N–H and O–H groups in total. The van der Waals surface area contributed by atoms with Gasteiger partial charge in [-0.05, 0) is 85.9 Å². The topological polar surface area (TPSA) is 118 Å². The first-order valence-electron chi connectivity index (χ1n) is 16.5. The number of nitrogens with one attached hydrogen (secondary N) is 1. The van der Waals surface area contributed by atoms with E-state index in [1.165, 1.54) is 18.6 Å². The molecule has 10 nitrogen and oxygen atoms in total. The summed E-state index contributed by atoms with van der Waals surface area (Å²) in [5.41, 5.74) is 5.36. The number of fused-ring (bicyclic) bond motifs is 4. The number of anilines is 2. The van der Waals surface area contributed by atoms with Crippen LogP contribution in [0.5, 0.6) is 5.88 Å². The van der Waals surface area contributed by atoms with Gasteiger partial charge in [0, 0.05) is 43.0 Å². The molecule has 0 unspecified atom stereocenters. The number of benzene rings is 2. The van der Waals surface area contributed by atoms with Crippen LogP contribution in [0.3, 0.4) is 0 Å². The minimum atomic E-state index is -4.16. The molecule has 0 radical (unpaired) electrons. The number of nitrogens with zero attached hydrogens (tertiary/aromatic N) is 5. The number of sulfonamides is 1. The Morgan fingerprint density at radius 3 is 2.42 bits per heavy atom. The van der Waals surface area contributed by atoms with Crippen molar-refractivity contribution in [2.75, 3.05) is 23.3 Å². The number of amides is 1. The van der Waals surface area contributed by atoms with Crippen LogP contribution in [0.25, 0.3) is 11.3 Å². The molecular formula is C37H44N6O4S. The van der Waals surface area contributed by atoms with Crippen LogP contribution in [0, 0.1) is 19.3 Å². The predicted molar refractivity (Wildman–Crippen MR) is 188 cm³/mol. The molecule has 2 aromatic heterocycles. The molecule has 4 aromatic rings. The summed E-state index contributed by atoms with van der Waals surface area (Å²) in [6.45, 7) is 10.8. The van der Waals surface area contributed by atoms with Gasteiger partial charge in [0.25, 0.3) is 15.9 Å². The third-order valence-electron chi connectivity index (χ3n) is 9.19. The number of rotatable bonds is 6. The molecule has 1 atom stereocenters. The zero-order chi connectivity index (χ0) is 34.2. The number of ether oxygens (including phenoxy) is 1. The van der Waals surface area contributed by atoms with E-state index in [1.54, 1.807) is 29.3 Å².